The monoisotopic (exact) mass is 1990 g/mol. The summed E-state index contributed by atoms with van der Waals surface area (Å²) in [4.78, 5) is 109. The number of thiazole rings is 1. The zero-order valence-electron chi connectivity index (χ0n) is 86.4. The van der Waals surface area contributed by atoms with E-state index in [0.717, 1.165) is 200 Å². The first-order chi connectivity index (χ1) is 71.2. The first-order valence-electron chi connectivity index (χ1n) is 51.5. The Kier molecular flexibility index (Phi) is 34.0. The number of nitrogens with one attached hydrogen (secondary N) is 1. The summed E-state index contributed by atoms with van der Waals surface area (Å²) in [6.45, 7) is 36.3. The number of anilines is 4. The van der Waals surface area contributed by atoms with E-state index in [-0.39, 0.29) is 54.0 Å². The third-order valence-corrected chi connectivity index (χ3v) is 29.3. The lowest BCUT2D eigenvalue weighted by Crippen LogP contribution is -2.38. The minimum absolute atomic E-state index is 0.00463. The van der Waals surface area contributed by atoms with Gasteiger partial charge >= 0.3 is 11.9 Å². The molecule has 7 aromatic carbocycles. The van der Waals surface area contributed by atoms with Crippen molar-refractivity contribution in [2.24, 2.45) is 0 Å². The number of benzene rings is 7. The second-order valence-electron chi connectivity index (χ2n) is 40.4. The first kappa shape index (κ1) is 104. The van der Waals surface area contributed by atoms with Gasteiger partial charge in [-0.2, -0.15) is 15.3 Å². The standard InChI is InChI=1S/C32H38N6O3.C30H35N5O.C28H26N6O3.C27H36N4OS/c1-23(2)25-19-24-9-7-13-33-32(24)29(20-25)37-15-8-14-36(17-18-37)28(21-30(39)34-22-31(40)41-3)27-12-16-38(35-27)26-10-5-4-6-11-26;1-22(2)25-20-24-9-7-13-31-30(24)29(21-25)34-15-8-14-33(17-18-34)28(19-23(3)36)27-12-16-35(32-27)26-10-5-4-6-11-26;35-28(36)26(23-9-14-34(31-23)22-7-2-1-3-8-22)33-13-5-12-32(15-16-33)24-19-21(27-30-11-17-37-27)18-20-6-4-10-29-25(20)24;1-18(2)21-15-20-9-7-10-28-24(20)23(16-21)30-11-8-12-31(14-13-30)25(19(3)32)22-17-33-26(29-22)27(4,5)6/h4-7,9-13,16,19-20,23,28H,8,14-15,17-18,21-22H2,1-3H3,(H,34,39);4-7,9-13,16,20-22,28H,8,14-15,17-19H2,1-3H3;1-4,6-11,14,17-19,26H,5,12-13,15-16H2,(H,35,36);7,9-10,15-18,25H,8,11-14H2,1-6H3/t;28-;;/m.0../s1. The average Bonchev–Trinajstić information content (AvgIpc) is 1.25. The molecule has 30 heteroatoms. The molecule has 147 heavy (non-hydrogen) atoms. The van der Waals surface area contributed by atoms with Crippen LogP contribution in [0.3, 0.4) is 0 Å². The topological polar surface area (TPSA) is 297 Å². The second kappa shape index (κ2) is 48.2. The van der Waals surface area contributed by atoms with Crippen molar-refractivity contribution in [3.05, 3.63) is 312 Å². The van der Waals surface area contributed by atoms with Gasteiger partial charge in [-0.3, -0.25) is 63.5 Å². The lowest BCUT2D eigenvalue weighted by molar-refractivity contribution is -0.144. The molecule has 29 nitrogen and oxygen atoms in total. The van der Waals surface area contributed by atoms with Crippen molar-refractivity contribution >= 4 is 107 Å². The molecule has 16 aromatic rings. The van der Waals surface area contributed by atoms with Crippen molar-refractivity contribution < 1.29 is 38.2 Å². The number of carbonyl (C=O) groups is 5. The van der Waals surface area contributed by atoms with Gasteiger partial charge in [-0.15, -0.1) is 11.3 Å². The van der Waals surface area contributed by atoms with Gasteiger partial charge in [0.1, 0.15) is 24.6 Å². The molecule has 2 N–H and O–H groups in total. The molecule has 3 unspecified atom stereocenters. The van der Waals surface area contributed by atoms with Crippen LogP contribution in [0.4, 0.5) is 22.7 Å². The summed E-state index contributed by atoms with van der Waals surface area (Å²) in [5.74, 6) is 0.659. The fourth-order valence-electron chi connectivity index (χ4n) is 20.2. The Labute approximate surface area is 864 Å². The molecule has 9 aromatic heterocycles. The molecule has 4 aliphatic heterocycles. The van der Waals surface area contributed by atoms with Crippen LogP contribution in [0.15, 0.2) is 272 Å². The van der Waals surface area contributed by atoms with Crippen LogP contribution in [0.2, 0.25) is 0 Å². The Balaban J connectivity index is 0.000000134. The number of pyridine rings is 4. The highest BCUT2D eigenvalue weighted by Gasteiger charge is 2.37. The number of aliphatic carboxylic acids is 1. The number of hydrogen-bond donors (Lipinski definition) is 2. The number of rotatable bonds is 27. The largest absolute Gasteiger partial charge is 0.480 e. The number of carbonyl (C=O) groups excluding carboxylic acids is 4. The molecule has 4 atom stereocenters. The molecule has 0 bridgehead atoms. The van der Waals surface area contributed by atoms with Crippen LogP contribution in [-0.2, 0) is 34.1 Å². The van der Waals surface area contributed by atoms with Gasteiger partial charge in [0.2, 0.25) is 11.8 Å². The number of carboxylic acids is 1. The summed E-state index contributed by atoms with van der Waals surface area (Å²) < 4.78 is 15.7. The summed E-state index contributed by atoms with van der Waals surface area (Å²) in [6, 6.07) is 68.5. The fourth-order valence-corrected chi connectivity index (χ4v) is 21.2. The van der Waals surface area contributed by atoms with E-state index in [1.807, 2.05) is 185 Å². The van der Waals surface area contributed by atoms with Crippen LogP contribution in [0.25, 0.3) is 72.1 Å². The Morgan fingerprint density at radius 1 is 0.415 bits per heavy atom. The number of hydrogen-bond acceptors (Lipinski definition) is 25. The van der Waals surface area contributed by atoms with Crippen LogP contribution >= 0.6 is 11.3 Å². The van der Waals surface area contributed by atoms with E-state index in [1.54, 1.807) is 54.6 Å². The second-order valence-corrected chi connectivity index (χ2v) is 41.2. The fraction of sp³-hybridized carbons (Fsp3) is 0.368. The number of Topliss-reactive ketones (excluding diaryl/α,β-unsaturated/α-hetero) is 2. The van der Waals surface area contributed by atoms with Gasteiger partial charge in [0.25, 0.3) is 0 Å². The lowest BCUT2D eigenvalue weighted by Gasteiger charge is -2.30. The van der Waals surface area contributed by atoms with Crippen molar-refractivity contribution in [2.45, 2.75) is 162 Å². The van der Waals surface area contributed by atoms with E-state index >= 15 is 0 Å². The van der Waals surface area contributed by atoms with Crippen LogP contribution in [0.5, 0.6) is 0 Å². The number of aromatic nitrogens is 12. The Hall–Kier alpha value is -14.6. The van der Waals surface area contributed by atoms with E-state index in [2.05, 4.69) is 189 Å². The third kappa shape index (κ3) is 25.6. The number of esters is 1. The van der Waals surface area contributed by atoms with Crippen LogP contribution in [0.1, 0.15) is 201 Å². The zero-order valence-corrected chi connectivity index (χ0v) is 87.2. The molecule has 4 saturated heterocycles. The van der Waals surface area contributed by atoms with Gasteiger partial charge in [0, 0.05) is 199 Å². The normalized spacial score (nSPS) is 15.8. The van der Waals surface area contributed by atoms with Crippen LogP contribution < -0.4 is 24.9 Å². The highest BCUT2D eigenvalue weighted by molar-refractivity contribution is 7.09. The predicted molar refractivity (Wildman–Crippen MR) is 584 cm³/mol. The summed E-state index contributed by atoms with van der Waals surface area (Å²) in [6.07, 6.45) is 20.8. The molecule has 4 aliphatic rings. The van der Waals surface area contributed by atoms with Gasteiger partial charge in [0.05, 0.1) is 115 Å². The molecule has 0 spiro atoms. The van der Waals surface area contributed by atoms with Crippen molar-refractivity contribution in [1.82, 2.24) is 84.2 Å². The molecule has 4 fully saturated rings. The van der Waals surface area contributed by atoms with Crippen molar-refractivity contribution in [3.8, 4) is 28.5 Å². The summed E-state index contributed by atoms with van der Waals surface area (Å²) in [7, 11) is 1.31. The van der Waals surface area contributed by atoms with Crippen molar-refractivity contribution in [2.75, 3.05) is 138 Å². The zero-order chi connectivity index (χ0) is 103. The molecule has 762 valence electrons. The lowest BCUT2D eigenvalue weighted by atomic mass is 9.98. The minimum Gasteiger partial charge on any atom is -0.480 e. The number of methoxy groups -OCH3 is 1. The molecular formula is C117H135N21O8S. The number of para-hydroxylation sites is 3. The Morgan fingerprint density at radius 2 is 0.796 bits per heavy atom. The average molecular weight is 2000 g/mol. The quantitative estimate of drug-likeness (QED) is 0.0452. The molecule has 13 heterocycles. The van der Waals surface area contributed by atoms with Gasteiger partial charge in [-0.05, 0) is 201 Å². The highest BCUT2D eigenvalue weighted by atomic mass is 32.1. The molecule has 0 radical (unpaired) electrons. The van der Waals surface area contributed by atoms with E-state index < -0.39 is 18.0 Å². The number of carboxylic acid groups (broad SMARTS) is 1. The molecular weight excluding hydrogens is 1860 g/mol. The molecule has 20 rings (SSSR count). The summed E-state index contributed by atoms with van der Waals surface area (Å²) in [5, 5.41) is 35.0. The van der Waals surface area contributed by atoms with Gasteiger partial charge in [-0.25, -0.2) is 24.0 Å². The number of nitrogens with zero attached hydrogens (tertiary/aromatic N) is 20. The summed E-state index contributed by atoms with van der Waals surface area (Å²) in [5.41, 5.74) is 19.6. The summed E-state index contributed by atoms with van der Waals surface area (Å²) >= 11 is 1.67. The highest BCUT2D eigenvalue weighted by Crippen LogP contribution is 2.41. The van der Waals surface area contributed by atoms with Gasteiger partial charge in [0.15, 0.2) is 11.8 Å². The van der Waals surface area contributed by atoms with E-state index in [4.69, 9.17) is 39.3 Å². The van der Waals surface area contributed by atoms with Crippen molar-refractivity contribution in [1.29, 1.82) is 0 Å². The molecule has 0 saturated carbocycles. The number of ketones is 2. The maximum atomic E-state index is 13.0. The minimum atomic E-state index is -0.898. The molecule has 1 amide bonds. The Bertz CT molecular complexity index is 7140. The van der Waals surface area contributed by atoms with Gasteiger partial charge in [-0.1, -0.05) is 141 Å². The SMILES string of the molecule is CC(=O)C(c1csc(C(C)(C)C)n1)N1CCCN(c2cc(C(C)C)cc3cccnc23)CC1.CC(=O)C[C@@H](c1ccn(-c2ccccc2)n1)N1CCCN(c2cc(C(C)C)cc3cccnc23)CC1.COC(=O)CNC(=O)CC(c1ccn(-c2ccccc2)n1)N1CCCN(c2cc(C(C)C)cc3cccnc23)CC1.O=C(O)C(c1ccn(-c2ccccc2)n1)N1CCCN(c2cc(-c3ncco3)cc3cccnc23)CC1. The first-order valence-corrected chi connectivity index (χ1v) is 52.4. The van der Waals surface area contributed by atoms with Gasteiger partial charge < -0.3 is 39.2 Å². The van der Waals surface area contributed by atoms with E-state index in [9.17, 15) is 29.1 Å². The maximum absolute atomic E-state index is 13.0. The number of oxazole rings is 1. The molecule has 0 aliphatic carbocycles. The van der Waals surface area contributed by atoms with E-state index in [1.165, 1.54) is 45.9 Å². The number of ether oxygens (including phenoxy) is 1. The van der Waals surface area contributed by atoms with E-state index in [0.29, 0.717) is 55.4 Å². The maximum Gasteiger partial charge on any atom is 0.327 e. The number of amides is 1. The van der Waals surface area contributed by atoms with Crippen LogP contribution in [-0.4, -0.2) is 232 Å². The third-order valence-electron chi connectivity index (χ3n) is 28.0. The number of fused-ring (bicyclic) bond motifs is 4. The Morgan fingerprint density at radius 3 is 1.17 bits per heavy atom. The predicted octanol–water partition coefficient (Wildman–Crippen LogP) is 20.6. The van der Waals surface area contributed by atoms with Crippen LogP contribution in [0, 0.1) is 0 Å². The van der Waals surface area contributed by atoms with Crippen molar-refractivity contribution in [3.63, 3.8) is 0 Å². The smallest absolute Gasteiger partial charge is 0.327 e.